The van der Waals surface area contributed by atoms with Gasteiger partial charge in [0.1, 0.15) is 5.75 Å². The molecule has 1 heterocycles. The lowest BCUT2D eigenvalue weighted by Crippen LogP contribution is -2.48. The van der Waals surface area contributed by atoms with Crippen molar-refractivity contribution in [2.24, 2.45) is 17.8 Å². The summed E-state index contributed by atoms with van der Waals surface area (Å²) in [5.74, 6) is 1.78. The molecule has 4 aliphatic carbocycles. The molecular formula is C23H24FNO3. The zero-order valence-corrected chi connectivity index (χ0v) is 16.0. The van der Waals surface area contributed by atoms with Gasteiger partial charge in [-0.25, -0.2) is 14.2 Å². The van der Waals surface area contributed by atoms with Gasteiger partial charge in [0.2, 0.25) is 0 Å². The van der Waals surface area contributed by atoms with E-state index >= 15 is 0 Å². The lowest BCUT2D eigenvalue weighted by atomic mass is 9.48. The summed E-state index contributed by atoms with van der Waals surface area (Å²) in [6, 6.07) is 9.18. The Bertz CT molecular complexity index is 873. The number of aromatic nitrogens is 1. The number of carbonyl (C=O) groups excluding carboxylic acids is 1. The molecule has 0 aliphatic heterocycles. The average molecular weight is 381 g/mol. The summed E-state index contributed by atoms with van der Waals surface area (Å²) in [5.41, 5.74) is 1.79. The van der Waals surface area contributed by atoms with Crippen molar-refractivity contribution in [1.82, 2.24) is 4.98 Å². The Hall–Kier alpha value is -2.43. The number of benzene rings is 1. The molecule has 5 heteroatoms. The highest BCUT2D eigenvalue weighted by atomic mass is 19.1. The Labute approximate surface area is 164 Å². The summed E-state index contributed by atoms with van der Waals surface area (Å²) < 4.78 is 24.4. The van der Waals surface area contributed by atoms with Crippen LogP contribution in [0.4, 0.5) is 4.39 Å². The summed E-state index contributed by atoms with van der Waals surface area (Å²) >= 11 is 0. The number of rotatable bonds is 4. The molecule has 4 saturated carbocycles. The van der Waals surface area contributed by atoms with Gasteiger partial charge in [-0.3, -0.25) is 0 Å². The van der Waals surface area contributed by atoms with E-state index in [-0.39, 0.29) is 11.4 Å². The van der Waals surface area contributed by atoms with E-state index in [1.807, 2.05) is 12.1 Å². The summed E-state index contributed by atoms with van der Waals surface area (Å²) in [6.45, 7) is 0. The minimum absolute atomic E-state index is 0.0597. The van der Waals surface area contributed by atoms with E-state index < -0.39 is 11.8 Å². The van der Waals surface area contributed by atoms with Crippen molar-refractivity contribution in [3.63, 3.8) is 0 Å². The average Bonchev–Trinajstić information content (AvgIpc) is 2.68. The summed E-state index contributed by atoms with van der Waals surface area (Å²) in [5, 5.41) is 0. The molecule has 2 aromatic rings. The van der Waals surface area contributed by atoms with Gasteiger partial charge in [0.25, 0.3) is 5.88 Å². The van der Waals surface area contributed by atoms with Gasteiger partial charge < -0.3 is 9.47 Å². The quantitative estimate of drug-likeness (QED) is 0.677. The minimum Gasteiger partial charge on any atom is -0.465 e. The van der Waals surface area contributed by atoms with Gasteiger partial charge in [-0.15, -0.1) is 0 Å². The predicted molar refractivity (Wildman–Crippen MR) is 102 cm³/mol. The van der Waals surface area contributed by atoms with Crippen molar-refractivity contribution in [3.05, 3.63) is 53.5 Å². The normalized spacial score (nSPS) is 30.3. The topological polar surface area (TPSA) is 48.4 Å². The van der Waals surface area contributed by atoms with Crippen LogP contribution in [0.2, 0.25) is 0 Å². The van der Waals surface area contributed by atoms with E-state index in [9.17, 15) is 9.18 Å². The Morgan fingerprint density at radius 1 is 1.07 bits per heavy atom. The molecule has 4 nitrogen and oxygen atoms in total. The van der Waals surface area contributed by atoms with Crippen LogP contribution in [-0.2, 0) is 10.2 Å². The number of ether oxygens (including phenoxy) is 2. The molecule has 0 N–H and O–H groups in total. The third kappa shape index (κ3) is 2.97. The molecule has 0 unspecified atom stereocenters. The van der Waals surface area contributed by atoms with Crippen LogP contribution in [0.3, 0.4) is 0 Å². The number of hydrogen-bond donors (Lipinski definition) is 0. The maximum Gasteiger partial charge on any atom is 0.339 e. The Balaban J connectivity index is 1.34. The number of hydrogen-bond acceptors (Lipinski definition) is 4. The Morgan fingerprint density at radius 2 is 1.68 bits per heavy atom. The molecule has 4 aliphatic rings. The van der Waals surface area contributed by atoms with Crippen molar-refractivity contribution in [3.8, 4) is 11.6 Å². The monoisotopic (exact) mass is 381 g/mol. The zero-order chi connectivity index (χ0) is 19.3. The molecule has 28 heavy (non-hydrogen) atoms. The first-order valence-corrected chi connectivity index (χ1v) is 10.1. The Morgan fingerprint density at radius 3 is 2.21 bits per heavy atom. The molecule has 0 saturated heterocycles. The molecular weight excluding hydrogens is 357 g/mol. The number of pyridine rings is 1. The van der Waals surface area contributed by atoms with Crippen LogP contribution in [0.5, 0.6) is 11.6 Å². The van der Waals surface area contributed by atoms with Crippen molar-refractivity contribution in [1.29, 1.82) is 0 Å². The van der Waals surface area contributed by atoms with E-state index in [0.717, 1.165) is 23.8 Å². The lowest BCUT2D eigenvalue weighted by molar-refractivity contribution is -0.00520. The van der Waals surface area contributed by atoms with Gasteiger partial charge in [0.15, 0.2) is 5.82 Å². The highest BCUT2D eigenvalue weighted by Crippen LogP contribution is 2.60. The number of carbonyl (C=O) groups is 1. The van der Waals surface area contributed by atoms with Gasteiger partial charge >= 0.3 is 5.97 Å². The van der Waals surface area contributed by atoms with Crippen LogP contribution in [0.1, 0.15) is 54.4 Å². The standard InChI is InChI=1S/C23H24FNO3/c1-27-22(26)17-9-20(24)21(25-13-17)28-19-4-2-18(3-5-19)23-10-14-6-15(11-23)8-16(7-14)12-23/h2-5,9,13-16H,6-8,10-12H2,1H3. The van der Waals surface area contributed by atoms with Crippen LogP contribution in [0.25, 0.3) is 0 Å². The number of nitrogens with zero attached hydrogens (tertiary/aromatic N) is 1. The summed E-state index contributed by atoms with van der Waals surface area (Å²) in [4.78, 5) is 15.4. The van der Waals surface area contributed by atoms with Gasteiger partial charge in [-0.1, -0.05) is 12.1 Å². The van der Waals surface area contributed by atoms with Crippen molar-refractivity contribution in [2.45, 2.75) is 43.9 Å². The first kappa shape index (κ1) is 17.7. The van der Waals surface area contributed by atoms with E-state index in [0.29, 0.717) is 11.2 Å². The lowest BCUT2D eigenvalue weighted by Gasteiger charge is -2.57. The molecule has 6 rings (SSSR count). The second kappa shape index (κ2) is 6.57. The fraction of sp³-hybridized carbons (Fsp3) is 0.478. The molecule has 0 spiro atoms. The minimum atomic E-state index is -0.687. The number of methoxy groups -OCH3 is 1. The molecule has 0 radical (unpaired) electrons. The fourth-order valence-corrected chi connectivity index (χ4v) is 6.18. The highest BCUT2D eigenvalue weighted by Gasteiger charge is 2.51. The van der Waals surface area contributed by atoms with Gasteiger partial charge in [-0.05, 0) is 85.5 Å². The van der Waals surface area contributed by atoms with Crippen LogP contribution >= 0.6 is 0 Å². The number of halogens is 1. The highest BCUT2D eigenvalue weighted by molar-refractivity contribution is 5.88. The fourth-order valence-electron chi connectivity index (χ4n) is 6.18. The van der Waals surface area contributed by atoms with E-state index in [2.05, 4.69) is 21.9 Å². The van der Waals surface area contributed by atoms with Crippen molar-refractivity contribution >= 4 is 5.97 Å². The second-order valence-electron chi connectivity index (χ2n) is 8.83. The third-order valence-electron chi connectivity index (χ3n) is 6.95. The molecule has 0 amide bonds. The van der Waals surface area contributed by atoms with Crippen LogP contribution in [-0.4, -0.2) is 18.1 Å². The van der Waals surface area contributed by atoms with E-state index in [1.165, 1.54) is 57.4 Å². The molecule has 4 bridgehead atoms. The summed E-state index contributed by atoms with van der Waals surface area (Å²) in [6.07, 6.45) is 9.46. The molecule has 146 valence electrons. The largest absolute Gasteiger partial charge is 0.465 e. The van der Waals surface area contributed by atoms with Crippen molar-refractivity contribution in [2.75, 3.05) is 7.11 Å². The second-order valence-corrected chi connectivity index (χ2v) is 8.83. The van der Waals surface area contributed by atoms with E-state index in [4.69, 9.17) is 4.74 Å². The first-order chi connectivity index (χ1) is 13.5. The first-order valence-electron chi connectivity index (χ1n) is 10.1. The SMILES string of the molecule is COC(=O)c1cnc(Oc2ccc(C34CC5CC(CC(C5)C3)C4)cc2)c(F)c1. The zero-order valence-electron chi connectivity index (χ0n) is 16.0. The maximum absolute atomic E-state index is 14.2. The van der Waals surface area contributed by atoms with Gasteiger partial charge in [-0.2, -0.15) is 0 Å². The Kier molecular flexibility index (Phi) is 4.14. The predicted octanol–water partition coefficient (Wildman–Crippen LogP) is 5.27. The molecule has 0 atom stereocenters. The number of esters is 1. The van der Waals surface area contributed by atoms with Crippen LogP contribution < -0.4 is 4.74 Å². The van der Waals surface area contributed by atoms with Crippen molar-refractivity contribution < 1.29 is 18.7 Å². The van der Waals surface area contributed by atoms with Crippen LogP contribution in [0.15, 0.2) is 36.5 Å². The molecule has 1 aromatic carbocycles. The van der Waals surface area contributed by atoms with Gasteiger partial charge in [0, 0.05) is 6.20 Å². The maximum atomic E-state index is 14.2. The third-order valence-corrected chi connectivity index (χ3v) is 6.95. The smallest absolute Gasteiger partial charge is 0.339 e. The molecule has 1 aromatic heterocycles. The summed E-state index contributed by atoms with van der Waals surface area (Å²) in [7, 11) is 1.25. The van der Waals surface area contributed by atoms with Gasteiger partial charge in [0.05, 0.1) is 12.7 Å². The van der Waals surface area contributed by atoms with Crippen LogP contribution in [0, 0.1) is 23.6 Å². The molecule has 4 fully saturated rings. The van der Waals surface area contributed by atoms with E-state index in [1.54, 1.807) is 0 Å².